The normalized spacial score (nSPS) is 10.2. The predicted molar refractivity (Wildman–Crippen MR) is 97.2 cm³/mol. The van der Waals surface area contributed by atoms with Crippen molar-refractivity contribution in [3.63, 3.8) is 0 Å². The van der Waals surface area contributed by atoms with Crippen molar-refractivity contribution < 1.29 is 29.2 Å². The molecule has 0 atom stereocenters. The minimum atomic E-state index is -0.833. The lowest BCUT2D eigenvalue weighted by atomic mass is 9.92. The second kappa shape index (κ2) is 12.7. The predicted octanol–water partition coefficient (Wildman–Crippen LogP) is 3.15. The molecule has 0 saturated carbocycles. The number of carbonyl (C=O) groups is 1. The maximum Gasteiger partial charge on any atom is 0.300 e. The number of rotatable bonds is 9. The molecular weight excluding hydrogens is 324 g/mol. The van der Waals surface area contributed by atoms with Crippen molar-refractivity contribution in [3.05, 3.63) is 27.8 Å². The third-order valence-corrected chi connectivity index (χ3v) is 3.87. The van der Waals surface area contributed by atoms with E-state index in [4.69, 9.17) is 29.2 Å². The molecule has 0 aliphatic carbocycles. The molecule has 0 fully saturated rings. The number of hydrogen-bond donors (Lipinski definition) is 2. The number of carboxylic acids is 1. The van der Waals surface area contributed by atoms with Crippen molar-refractivity contribution in [2.45, 2.75) is 53.8 Å². The van der Waals surface area contributed by atoms with Gasteiger partial charge >= 0.3 is 0 Å². The van der Waals surface area contributed by atoms with Crippen molar-refractivity contribution >= 4 is 5.97 Å². The first-order chi connectivity index (χ1) is 11.8. The highest BCUT2D eigenvalue weighted by molar-refractivity contribution is 5.63. The molecule has 0 saturated heterocycles. The van der Waals surface area contributed by atoms with Gasteiger partial charge in [0.1, 0.15) is 5.75 Å². The van der Waals surface area contributed by atoms with Gasteiger partial charge in [-0.25, -0.2) is 0 Å². The topological polar surface area (TPSA) is 85.2 Å². The van der Waals surface area contributed by atoms with E-state index in [1.807, 2.05) is 0 Å². The van der Waals surface area contributed by atoms with Gasteiger partial charge in [-0.15, -0.1) is 0 Å². The number of unbranched alkanes of at least 4 members (excludes halogenated alkanes) is 1. The Morgan fingerprint density at radius 3 is 1.72 bits per heavy atom. The average molecular weight is 356 g/mol. The monoisotopic (exact) mass is 356 g/mol. The first kappa shape index (κ1) is 23.4. The summed E-state index contributed by atoms with van der Waals surface area (Å²) in [6, 6.07) is 0. The van der Waals surface area contributed by atoms with Crippen LogP contribution in [0, 0.1) is 20.8 Å². The summed E-state index contributed by atoms with van der Waals surface area (Å²) in [5.41, 5.74) is 5.84. The Morgan fingerprint density at radius 2 is 1.36 bits per heavy atom. The Bertz CT molecular complexity index is 502. The maximum atomic E-state index is 9.00. The molecule has 0 aromatic heterocycles. The quantitative estimate of drug-likeness (QED) is 0.661. The third-order valence-electron chi connectivity index (χ3n) is 3.87. The Morgan fingerprint density at radius 1 is 0.920 bits per heavy atom. The largest absolute Gasteiger partial charge is 0.493 e. The number of aliphatic carboxylic acids is 1. The number of aliphatic hydroxyl groups is 1. The van der Waals surface area contributed by atoms with E-state index in [1.54, 1.807) is 14.2 Å². The zero-order valence-electron chi connectivity index (χ0n) is 16.3. The average Bonchev–Trinajstić information content (AvgIpc) is 2.54. The van der Waals surface area contributed by atoms with Gasteiger partial charge in [0.2, 0.25) is 0 Å². The molecule has 0 bridgehead atoms. The van der Waals surface area contributed by atoms with E-state index in [2.05, 4.69) is 20.8 Å². The second-order valence-corrected chi connectivity index (χ2v) is 5.83. The van der Waals surface area contributed by atoms with E-state index in [0.717, 1.165) is 36.6 Å². The van der Waals surface area contributed by atoms with Crippen LogP contribution in [0.3, 0.4) is 0 Å². The first-order valence-corrected chi connectivity index (χ1v) is 8.34. The molecule has 0 aliphatic rings. The van der Waals surface area contributed by atoms with Crippen molar-refractivity contribution in [1.29, 1.82) is 0 Å². The highest BCUT2D eigenvalue weighted by Gasteiger charge is 2.18. The third kappa shape index (κ3) is 7.86. The summed E-state index contributed by atoms with van der Waals surface area (Å²) in [6.45, 7) is 9.31. The molecule has 6 heteroatoms. The Hall–Kier alpha value is -1.63. The van der Waals surface area contributed by atoms with Crippen LogP contribution in [0.25, 0.3) is 0 Å². The minimum absolute atomic E-state index is 0.207. The van der Waals surface area contributed by atoms with Crippen LogP contribution in [0.4, 0.5) is 0 Å². The van der Waals surface area contributed by atoms with Crippen LogP contribution < -0.4 is 4.74 Å². The van der Waals surface area contributed by atoms with Crippen molar-refractivity contribution in [2.24, 2.45) is 0 Å². The lowest BCUT2D eigenvalue weighted by Gasteiger charge is -2.22. The number of benzene rings is 1. The molecule has 25 heavy (non-hydrogen) atoms. The van der Waals surface area contributed by atoms with Gasteiger partial charge in [-0.1, -0.05) is 0 Å². The van der Waals surface area contributed by atoms with E-state index in [-0.39, 0.29) is 6.61 Å². The second-order valence-electron chi connectivity index (χ2n) is 5.83. The van der Waals surface area contributed by atoms with Crippen LogP contribution in [0.1, 0.15) is 47.6 Å². The summed E-state index contributed by atoms with van der Waals surface area (Å²) < 4.78 is 16.6. The maximum absolute atomic E-state index is 9.00. The SMILES string of the molecule is CC(=O)O.COCc1c(C)c(COC)c(C)c(OCCCCO)c1C. The lowest BCUT2D eigenvalue weighted by Crippen LogP contribution is -2.09. The number of ether oxygens (including phenoxy) is 3. The fraction of sp³-hybridized carbons (Fsp3) is 0.632. The van der Waals surface area contributed by atoms with E-state index in [0.29, 0.717) is 19.8 Å². The molecule has 1 aromatic carbocycles. The van der Waals surface area contributed by atoms with Crippen LogP contribution in [0.2, 0.25) is 0 Å². The summed E-state index contributed by atoms with van der Waals surface area (Å²) in [4.78, 5) is 9.00. The smallest absolute Gasteiger partial charge is 0.300 e. The van der Waals surface area contributed by atoms with E-state index < -0.39 is 5.97 Å². The van der Waals surface area contributed by atoms with Crippen molar-refractivity contribution in [1.82, 2.24) is 0 Å². The molecule has 0 unspecified atom stereocenters. The number of carboxylic acid groups (broad SMARTS) is 1. The summed E-state index contributed by atoms with van der Waals surface area (Å²) in [5, 5.41) is 16.3. The zero-order chi connectivity index (χ0) is 19.4. The summed E-state index contributed by atoms with van der Waals surface area (Å²) in [5.74, 6) is 0.0950. The molecule has 0 heterocycles. The Balaban J connectivity index is 0.00000129. The molecule has 0 radical (unpaired) electrons. The van der Waals surface area contributed by atoms with E-state index in [1.165, 1.54) is 16.7 Å². The molecular formula is C19H32O6. The van der Waals surface area contributed by atoms with Gasteiger partial charge in [-0.05, 0) is 61.4 Å². The number of methoxy groups -OCH3 is 2. The fourth-order valence-electron chi connectivity index (χ4n) is 2.63. The van der Waals surface area contributed by atoms with E-state index >= 15 is 0 Å². The van der Waals surface area contributed by atoms with Crippen molar-refractivity contribution in [3.8, 4) is 5.75 Å². The fourth-order valence-corrected chi connectivity index (χ4v) is 2.63. The molecule has 6 nitrogen and oxygen atoms in total. The van der Waals surface area contributed by atoms with Gasteiger partial charge in [0.25, 0.3) is 5.97 Å². The molecule has 0 amide bonds. The summed E-state index contributed by atoms with van der Waals surface area (Å²) in [6.07, 6.45) is 1.61. The van der Waals surface area contributed by atoms with Gasteiger partial charge in [-0.2, -0.15) is 0 Å². The summed E-state index contributed by atoms with van der Waals surface area (Å²) in [7, 11) is 3.41. The lowest BCUT2D eigenvalue weighted by molar-refractivity contribution is -0.134. The van der Waals surface area contributed by atoms with Crippen LogP contribution in [0.15, 0.2) is 0 Å². The van der Waals surface area contributed by atoms with Crippen LogP contribution in [0.5, 0.6) is 5.75 Å². The standard InChI is InChI=1S/C17H28O4.C2H4O2/c1-12-15(10-19-4)13(2)17(21-9-7-6-8-18)14(3)16(12)11-20-5;1-2(3)4/h18H,6-11H2,1-5H3;1H3,(H,3,4). The molecule has 2 N–H and O–H groups in total. The van der Waals surface area contributed by atoms with Gasteiger partial charge < -0.3 is 24.4 Å². The number of hydrogen-bond acceptors (Lipinski definition) is 5. The van der Waals surface area contributed by atoms with E-state index in [9.17, 15) is 0 Å². The molecule has 0 aliphatic heterocycles. The molecule has 0 spiro atoms. The Labute approximate surface area is 150 Å². The zero-order valence-corrected chi connectivity index (χ0v) is 16.3. The van der Waals surface area contributed by atoms with Gasteiger partial charge in [0.15, 0.2) is 0 Å². The highest BCUT2D eigenvalue weighted by Crippen LogP contribution is 2.34. The van der Waals surface area contributed by atoms with Gasteiger partial charge in [-0.3, -0.25) is 4.79 Å². The van der Waals surface area contributed by atoms with Gasteiger partial charge in [0.05, 0.1) is 19.8 Å². The number of aliphatic hydroxyl groups excluding tert-OH is 1. The van der Waals surface area contributed by atoms with Crippen LogP contribution >= 0.6 is 0 Å². The molecule has 144 valence electrons. The highest BCUT2D eigenvalue weighted by atomic mass is 16.5. The summed E-state index contributed by atoms with van der Waals surface area (Å²) >= 11 is 0. The molecule has 1 rings (SSSR count). The van der Waals surface area contributed by atoms with Crippen molar-refractivity contribution in [2.75, 3.05) is 27.4 Å². The minimum Gasteiger partial charge on any atom is -0.493 e. The Kier molecular flexibility index (Phi) is 11.9. The molecule has 1 aromatic rings. The van der Waals surface area contributed by atoms with Gasteiger partial charge in [0, 0.05) is 27.8 Å². The van der Waals surface area contributed by atoms with Crippen LogP contribution in [-0.4, -0.2) is 43.6 Å². The first-order valence-electron chi connectivity index (χ1n) is 8.34. The van der Waals surface area contributed by atoms with Crippen LogP contribution in [-0.2, 0) is 27.5 Å².